The summed E-state index contributed by atoms with van der Waals surface area (Å²) in [6.45, 7) is 7.03. The Morgan fingerprint density at radius 2 is 1.92 bits per heavy atom. The first kappa shape index (κ1) is 20.9. The number of alkyl halides is 1. The number of hydrogen-bond donors (Lipinski definition) is 0. The summed E-state index contributed by atoms with van der Waals surface area (Å²) in [6, 6.07) is -0.896. The Morgan fingerprint density at radius 1 is 1.19 bits per heavy atom. The van der Waals surface area contributed by atoms with Gasteiger partial charge in [0.2, 0.25) is 5.91 Å². The molecule has 0 saturated carbocycles. The van der Waals surface area contributed by atoms with Crippen LogP contribution in [0.1, 0.15) is 40.0 Å². The van der Waals surface area contributed by atoms with Gasteiger partial charge in [0.25, 0.3) is 0 Å². The van der Waals surface area contributed by atoms with Crippen LogP contribution in [0.3, 0.4) is 0 Å². The Morgan fingerprint density at radius 3 is 2.58 bits per heavy atom. The van der Waals surface area contributed by atoms with Crippen LogP contribution >= 0.6 is 0 Å². The minimum Gasteiger partial charge on any atom is -0.444 e. The molecule has 26 heavy (non-hydrogen) atoms. The molecule has 2 saturated heterocycles. The molecule has 2 aliphatic heterocycles. The molecule has 3 atom stereocenters. The number of halogens is 1. The van der Waals surface area contributed by atoms with E-state index in [1.807, 2.05) is 0 Å². The normalized spacial score (nSPS) is 26.4. The van der Waals surface area contributed by atoms with Crippen molar-refractivity contribution in [3.05, 3.63) is 0 Å². The topological polar surface area (TPSA) is 68.3 Å². The lowest BCUT2D eigenvalue weighted by Crippen LogP contribution is -2.51. The van der Waals surface area contributed by atoms with Crippen molar-refractivity contribution in [1.29, 1.82) is 0 Å². The zero-order valence-electron chi connectivity index (χ0n) is 16.2. The second-order valence-electron chi connectivity index (χ2n) is 7.88. The zero-order chi connectivity index (χ0) is 19.3. The Bertz CT molecular complexity index is 496. The first-order valence-electron chi connectivity index (χ1n) is 9.23. The largest absolute Gasteiger partial charge is 0.444 e. The highest BCUT2D eigenvalue weighted by Crippen LogP contribution is 2.27. The van der Waals surface area contributed by atoms with Crippen molar-refractivity contribution < 1.29 is 28.2 Å². The number of carbonyl (C=O) groups is 2. The molecule has 2 fully saturated rings. The van der Waals surface area contributed by atoms with E-state index in [1.165, 1.54) is 9.80 Å². The van der Waals surface area contributed by atoms with E-state index in [0.29, 0.717) is 26.2 Å². The van der Waals surface area contributed by atoms with E-state index in [9.17, 15) is 14.0 Å². The van der Waals surface area contributed by atoms with Crippen molar-refractivity contribution in [2.75, 3.05) is 40.0 Å². The van der Waals surface area contributed by atoms with Crippen LogP contribution in [0.25, 0.3) is 0 Å². The molecule has 0 aromatic heterocycles. The zero-order valence-corrected chi connectivity index (χ0v) is 16.2. The van der Waals surface area contributed by atoms with Gasteiger partial charge >= 0.3 is 6.09 Å². The van der Waals surface area contributed by atoms with Crippen LogP contribution in [0.4, 0.5) is 9.18 Å². The maximum Gasteiger partial charge on any atom is 0.410 e. The monoisotopic (exact) mass is 374 g/mol. The maximum absolute atomic E-state index is 13.9. The molecular formula is C18H31FN2O5. The fourth-order valence-electron chi connectivity index (χ4n) is 3.40. The molecule has 0 radical (unpaired) electrons. The van der Waals surface area contributed by atoms with Crippen LogP contribution in [0.5, 0.6) is 0 Å². The van der Waals surface area contributed by atoms with Gasteiger partial charge in [-0.15, -0.1) is 0 Å². The number of carbonyl (C=O) groups excluding carboxylic acids is 2. The summed E-state index contributed by atoms with van der Waals surface area (Å²) in [7, 11) is 1.58. The predicted molar refractivity (Wildman–Crippen MR) is 93.7 cm³/mol. The van der Waals surface area contributed by atoms with E-state index in [4.69, 9.17) is 14.2 Å². The van der Waals surface area contributed by atoms with E-state index in [-0.39, 0.29) is 31.5 Å². The fraction of sp³-hybridized carbons (Fsp3) is 0.889. The average molecular weight is 374 g/mol. The van der Waals surface area contributed by atoms with Crippen LogP contribution in [-0.2, 0) is 19.0 Å². The first-order valence-corrected chi connectivity index (χ1v) is 9.23. The third-order valence-electron chi connectivity index (χ3n) is 4.55. The van der Waals surface area contributed by atoms with E-state index < -0.39 is 23.9 Å². The molecule has 0 aliphatic carbocycles. The van der Waals surface area contributed by atoms with Gasteiger partial charge in [-0.05, 0) is 33.6 Å². The van der Waals surface area contributed by atoms with E-state index in [0.717, 1.165) is 6.42 Å². The molecule has 0 N–H and O–H groups in total. The van der Waals surface area contributed by atoms with Crippen molar-refractivity contribution in [3.63, 3.8) is 0 Å². The highest BCUT2D eigenvalue weighted by atomic mass is 19.1. The van der Waals surface area contributed by atoms with Crippen molar-refractivity contribution in [2.24, 2.45) is 0 Å². The summed E-state index contributed by atoms with van der Waals surface area (Å²) >= 11 is 0. The van der Waals surface area contributed by atoms with Crippen molar-refractivity contribution >= 4 is 12.0 Å². The van der Waals surface area contributed by atoms with E-state index >= 15 is 0 Å². The molecule has 0 unspecified atom stereocenters. The molecule has 8 heteroatoms. The lowest BCUT2D eigenvalue weighted by atomic mass is 10.1. The number of ether oxygens (including phenoxy) is 3. The SMILES string of the molecule is COCCOC[C@@H]1C[C@H](F)CN1C(=O)[C@@H]1CCCN1C(=O)OC(C)(C)C. The molecule has 0 spiro atoms. The predicted octanol–water partition coefficient (Wildman–Crippen LogP) is 1.99. The maximum atomic E-state index is 13.9. The molecule has 2 heterocycles. The smallest absolute Gasteiger partial charge is 0.410 e. The molecule has 2 aliphatic rings. The van der Waals surface area contributed by atoms with Gasteiger partial charge in [0, 0.05) is 20.1 Å². The van der Waals surface area contributed by atoms with Crippen LogP contribution in [0.2, 0.25) is 0 Å². The number of likely N-dealkylation sites (tertiary alicyclic amines) is 2. The average Bonchev–Trinajstić information content (AvgIpc) is 3.16. The van der Waals surface area contributed by atoms with Gasteiger partial charge in [-0.25, -0.2) is 9.18 Å². The molecule has 0 aromatic carbocycles. The summed E-state index contributed by atoms with van der Waals surface area (Å²) < 4.78 is 29.8. The highest BCUT2D eigenvalue weighted by Gasteiger charge is 2.43. The molecule has 0 bridgehead atoms. The van der Waals surface area contributed by atoms with Crippen LogP contribution in [0, 0.1) is 0 Å². The van der Waals surface area contributed by atoms with Crippen molar-refractivity contribution in [2.45, 2.75) is 63.9 Å². The van der Waals surface area contributed by atoms with Crippen LogP contribution in [-0.4, -0.2) is 85.7 Å². The number of rotatable bonds is 6. The van der Waals surface area contributed by atoms with Gasteiger partial charge in [0.1, 0.15) is 17.8 Å². The number of amides is 2. The molecule has 150 valence electrons. The third-order valence-corrected chi connectivity index (χ3v) is 4.55. The number of hydrogen-bond acceptors (Lipinski definition) is 5. The standard InChI is InChI=1S/C18H31FN2O5/c1-18(2,3)26-17(23)20-7-5-6-15(20)16(22)21-11-13(19)10-14(21)12-25-9-8-24-4/h13-15H,5-12H2,1-4H3/t13-,14-,15-/m0/s1. The Hall–Kier alpha value is -1.41. The summed E-state index contributed by atoms with van der Waals surface area (Å²) in [5.41, 5.74) is -0.622. The third kappa shape index (κ3) is 5.54. The summed E-state index contributed by atoms with van der Waals surface area (Å²) in [4.78, 5) is 28.4. The second kappa shape index (κ2) is 8.99. The van der Waals surface area contributed by atoms with Crippen LogP contribution in [0.15, 0.2) is 0 Å². The minimum absolute atomic E-state index is 0.0514. The lowest BCUT2D eigenvalue weighted by Gasteiger charge is -2.32. The quantitative estimate of drug-likeness (QED) is 0.665. The molecule has 2 amide bonds. The Balaban J connectivity index is 1.99. The van der Waals surface area contributed by atoms with Gasteiger partial charge in [0.15, 0.2) is 0 Å². The lowest BCUT2D eigenvalue weighted by molar-refractivity contribution is -0.138. The van der Waals surface area contributed by atoms with Gasteiger partial charge in [0.05, 0.1) is 32.4 Å². The highest BCUT2D eigenvalue weighted by molar-refractivity contribution is 5.86. The van der Waals surface area contributed by atoms with Crippen molar-refractivity contribution in [1.82, 2.24) is 9.80 Å². The molecule has 2 rings (SSSR count). The van der Waals surface area contributed by atoms with E-state index in [2.05, 4.69) is 0 Å². The van der Waals surface area contributed by atoms with Gasteiger partial charge in [-0.3, -0.25) is 9.69 Å². The summed E-state index contributed by atoms with van der Waals surface area (Å²) in [6.07, 6.45) is 0.0154. The molecule has 0 aromatic rings. The van der Waals surface area contributed by atoms with E-state index in [1.54, 1.807) is 27.9 Å². The summed E-state index contributed by atoms with van der Waals surface area (Å²) in [5, 5.41) is 0. The number of methoxy groups -OCH3 is 1. The van der Waals surface area contributed by atoms with Gasteiger partial charge < -0.3 is 19.1 Å². The van der Waals surface area contributed by atoms with Gasteiger partial charge in [-0.1, -0.05) is 0 Å². The Kier molecular flexibility index (Phi) is 7.23. The molecular weight excluding hydrogens is 343 g/mol. The summed E-state index contributed by atoms with van der Waals surface area (Å²) in [5.74, 6) is -0.214. The van der Waals surface area contributed by atoms with Gasteiger partial charge in [-0.2, -0.15) is 0 Å². The Labute approximate surface area is 154 Å². The first-order chi connectivity index (χ1) is 12.2. The second-order valence-corrected chi connectivity index (χ2v) is 7.88. The van der Waals surface area contributed by atoms with Crippen molar-refractivity contribution in [3.8, 4) is 0 Å². The minimum atomic E-state index is -1.06. The fourth-order valence-corrected chi connectivity index (χ4v) is 3.40. The van der Waals surface area contributed by atoms with Crippen LogP contribution < -0.4 is 0 Å². The molecule has 7 nitrogen and oxygen atoms in total. The number of nitrogens with zero attached hydrogens (tertiary/aromatic N) is 2.